The summed E-state index contributed by atoms with van der Waals surface area (Å²) in [6.45, 7) is 1.64. The van der Waals surface area contributed by atoms with E-state index in [-0.39, 0.29) is 23.2 Å². The SMILES string of the molecule is CO[C@@H]1[C@@H](n2cc(-c3ccc(F)c(F)c3F)nn2)[C@@H](O)[C@@H](CO)O[C@@H]1Cc1cn(C2(C)CCC2)nn1. The van der Waals surface area contributed by atoms with Gasteiger partial charge in [0.05, 0.1) is 30.1 Å². The number of hydrogen-bond donors (Lipinski definition) is 2. The van der Waals surface area contributed by atoms with Crippen molar-refractivity contribution in [1.82, 2.24) is 30.0 Å². The molecular weight excluding hydrogens is 481 g/mol. The molecule has 2 fully saturated rings. The second-order valence-corrected chi connectivity index (χ2v) is 9.59. The fraction of sp³-hybridized carbons (Fsp3) is 0.565. The highest BCUT2D eigenvalue weighted by Crippen LogP contribution is 2.38. The van der Waals surface area contributed by atoms with Gasteiger partial charge in [0.15, 0.2) is 17.5 Å². The molecule has 2 aliphatic rings. The number of aromatic nitrogens is 6. The van der Waals surface area contributed by atoms with Gasteiger partial charge in [0.2, 0.25) is 0 Å². The topological polar surface area (TPSA) is 120 Å². The van der Waals surface area contributed by atoms with Crippen molar-refractivity contribution in [2.24, 2.45) is 0 Å². The van der Waals surface area contributed by atoms with Crippen molar-refractivity contribution < 1.29 is 32.9 Å². The van der Waals surface area contributed by atoms with Gasteiger partial charge < -0.3 is 19.7 Å². The fourth-order valence-electron chi connectivity index (χ4n) is 4.98. The first-order valence-corrected chi connectivity index (χ1v) is 11.7. The second-order valence-electron chi connectivity index (χ2n) is 9.59. The average molecular weight is 509 g/mol. The van der Waals surface area contributed by atoms with Crippen LogP contribution in [0, 0.1) is 17.5 Å². The van der Waals surface area contributed by atoms with Gasteiger partial charge in [0.1, 0.15) is 30.0 Å². The molecule has 2 N–H and O–H groups in total. The monoisotopic (exact) mass is 508 g/mol. The van der Waals surface area contributed by atoms with Crippen LogP contribution in [0.25, 0.3) is 11.3 Å². The molecule has 1 aliphatic heterocycles. The molecule has 0 spiro atoms. The van der Waals surface area contributed by atoms with Gasteiger partial charge in [-0.3, -0.25) is 0 Å². The van der Waals surface area contributed by atoms with Gasteiger partial charge in [-0.25, -0.2) is 22.5 Å². The molecule has 10 nitrogen and oxygen atoms in total. The maximum atomic E-state index is 14.3. The van der Waals surface area contributed by atoms with E-state index in [1.807, 2.05) is 10.9 Å². The predicted molar refractivity (Wildman–Crippen MR) is 118 cm³/mol. The number of aliphatic hydroxyl groups excluding tert-OH is 2. The maximum absolute atomic E-state index is 14.3. The fourth-order valence-corrected chi connectivity index (χ4v) is 4.98. The summed E-state index contributed by atoms with van der Waals surface area (Å²) in [5, 5.41) is 37.3. The zero-order chi connectivity index (χ0) is 25.6. The van der Waals surface area contributed by atoms with Gasteiger partial charge in [0.25, 0.3) is 0 Å². The average Bonchev–Trinajstić information content (AvgIpc) is 3.52. The molecule has 0 bridgehead atoms. The minimum Gasteiger partial charge on any atom is -0.394 e. The zero-order valence-corrected chi connectivity index (χ0v) is 19.8. The lowest BCUT2D eigenvalue weighted by atomic mass is 9.79. The maximum Gasteiger partial charge on any atom is 0.195 e. The summed E-state index contributed by atoms with van der Waals surface area (Å²) >= 11 is 0. The first-order valence-electron chi connectivity index (χ1n) is 11.7. The van der Waals surface area contributed by atoms with Crippen LogP contribution in [-0.4, -0.2) is 78.3 Å². The van der Waals surface area contributed by atoms with Crippen LogP contribution in [-0.2, 0) is 21.4 Å². The van der Waals surface area contributed by atoms with Gasteiger partial charge in [-0.2, -0.15) is 0 Å². The number of ether oxygens (including phenoxy) is 2. The van der Waals surface area contributed by atoms with Crippen molar-refractivity contribution in [3.05, 3.63) is 47.7 Å². The Morgan fingerprint density at radius 3 is 2.56 bits per heavy atom. The molecule has 36 heavy (non-hydrogen) atoms. The number of halogens is 3. The number of benzene rings is 1. The van der Waals surface area contributed by atoms with Crippen molar-refractivity contribution in [3.8, 4) is 11.3 Å². The molecule has 13 heteroatoms. The normalized spacial score (nSPS) is 27.7. The van der Waals surface area contributed by atoms with Crippen molar-refractivity contribution in [2.45, 2.75) is 68.6 Å². The third-order valence-electron chi connectivity index (χ3n) is 7.30. The van der Waals surface area contributed by atoms with Gasteiger partial charge >= 0.3 is 0 Å². The van der Waals surface area contributed by atoms with E-state index in [1.54, 1.807) is 0 Å². The van der Waals surface area contributed by atoms with Crippen LogP contribution in [0.4, 0.5) is 13.2 Å². The number of nitrogens with zero attached hydrogens (tertiary/aromatic N) is 6. The lowest BCUT2D eigenvalue weighted by Gasteiger charge is -2.43. The van der Waals surface area contributed by atoms with Crippen molar-refractivity contribution in [3.63, 3.8) is 0 Å². The first kappa shape index (κ1) is 24.8. The van der Waals surface area contributed by atoms with Crippen LogP contribution in [0.3, 0.4) is 0 Å². The van der Waals surface area contributed by atoms with E-state index in [2.05, 4.69) is 27.5 Å². The molecule has 2 aromatic heterocycles. The molecule has 1 saturated heterocycles. The molecule has 3 aromatic rings. The van der Waals surface area contributed by atoms with E-state index in [0.29, 0.717) is 5.69 Å². The Labute approximate surface area is 204 Å². The summed E-state index contributed by atoms with van der Waals surface area (Å²) in [5.74, 6) is -4.33. The molecule has 5 atom stereocenters. The Morgan fingerprint density at radius 2 is 1.89 bits per heavy atom. The van der Waals surface area contributed by atoms with Crippen LogP contribution < -0.4 is 0 Å². The third-order valence-corrected chi connectivity index (χ3v) is 7.30. The van der Waals surface area contributed by atoms with E-state index in [4.69, 9.17) is 9.47 Å². The summed E-state index contributed by atoms with van der Waals surface area (Å²) in [6, 6.07) is 0.963. The molecule has 5 rings (SSSR count). The van der Waals surface area contributed by atoms with Crippen molar-refractivity contribution >= 4 is 0 Å². The minimum absolute atomic E-state index is 0.0576. The van der Waals surface area contributed by atoms with E-state index >= 15 is 0 Å². The minimum atomic E-state index is -1.62. The third kappa shape index (κ3) is 4.19. The molecule has 1 saturated carbocycles. The predicted octanol–water partition coefficient (Wildman–Crippen LogP) is 1.77. The second kappa shape index (κ2) is 9.54. The van der Waals surface area contributed by atoms with Crippen molar-refractivity contribution in [2.75, 3.05) is 13.7 Å². The van der Waals surface area contributed by atoms with Crippen LogP contribution >= 0.6 is 0 Å². The first-order chi connectivity index (χ1) is 17.3. The standard InChI is InChI=1S/C23H27F3N6O4/c1-23(6-3-7-23)32-9-12(27-30-32)8-16-22(35-2)20(21(34)17(11-33)36-16)31-10-15(28-29-31)13-4-5-14(24)19(26)18(13)25/h4-5,9-10,16-17,20-22,33-34H,3,6-8,11H2,1-2H3/t16-,17-,20+,21+,22+/m1/s1. The van der Waals surface area contributed by atoms with Crippen LogP contribution in [0.2, 0.25) is 0 Å². The summed E-state index contributed by atoms with van der Waals surface area (Å²) in [6.07, 6.45) is 2.98. The van der Waals surface area contributed by atoms with Crippen LogP contribution in [0.1, 0.15) is 37.9 Å². The molecule has 0 amide bonds. The summed E-state index contributed by atoms with van der Waals surface area (Å²) in [7, 11) is 1.44. The molecule has 0 unspecified atom stereocenters. The summed E-state index contributed by atoms with van der Waals surface area (Å²) in [4.78, 5) is 0. The highest BCUT2D eigenvalue weighted by atomic mass is 19.2. The molecular formula is C23H27F3N6O4. The Morgan fingerprint density at radius 1 is 1.11 bits per heavy atom. The largest absolute Gasteiger partial charge is 0.394 e. The molecule has 3 heterocycles. The highest BCUT2D eigenvalue weighted by molar-refractivity contribution is 5.58. The van der Waals surface area contributed by atoms with Gasteiger partial charge in [-0.15, -0.1) is 10.2 Å². The molecule has 194 valence electrons. The van der Waals surface area contributed by atoms with Crippen LogP contribution in [0.5, 0.6) is 0 Å². The zero-order valence-electron chi connectivity index (χ0n) is 19.8. The van der Waals surface area contributed by atoms with E-state index in [9.17, 15) is 23.4 Å². The van der Waals surface area contributed by atoms with Gasteiger partial charge in [-0.05, 0) is 38.3 Å². The molecule has 1 aliphatic carbocycles. The quantitative estimate of drug-likeness (QED) is 0.464. The smallest absolute Gasteiger partial charge is 0.195 e. The van der Waals surface area contributed by atoms with Crippen molar-refractivity contribution in [1.29, 1.82) is 0 Å². The number of rotatable bonds is 7. The summed E-state index contributed by atoms with van der Waals surface area (Å²) < 4.78 is 56.2. The van der Waals surface area contributed by atoms with E-state index in [0.717, 1.165) is 31.4 Å². The number of hydrogen-bond acceptors (Lipinski definition) is 8. The van der Waals surface area contributed by atoms with Gasteiger partial charge in [0, 0.05) is 25.3 Å². The number of aliphatic hydroxyl groups is 2. The Balaban J connectivity index is 1.43. The number of methoxy groups -OCH3 is 1. The summed E-state index contributed by atoms with van der Waals surface area (Å²) in [5.41, 5.74) is 0.253. The lowest BCUT2D eigenvalue weighted by Crippen LogP contribution is -2.57. The van der Waals surface area contributed by atoms with Crippen LogP contribution in [0.15, 0.2) is 24.5 Å². The lowest BCUT2D eigenvalue weighted by molar-refractivity contribution is -0.212. The Hall–Kier alpha value is -2.87. The van der Waals surface area contributed by atoms with E-state index in [1.165, 1.54) is 18.0 Å². The molecule has 1 aromatic carbocycles. The van der Waals surface area contributed by atoms with Gasteiger partial charge in [-0.1, -0.05) is 10.4 Å². The Bertz CT molecular complexity index is 1230. The van der Waals surface area contributed by atoms with E-state index < -0.39 is 54.5 Å². The highest BCUT2D eigenvalue weighted by Gasteiger charge is 2.47. The Kier molecular flexibility index (Phi) is 6.57. The molecule has 0 radical (unpaired) electrons.